The van der Waals surface area contributed by atoms with E-state index in [9.17, 15) is 5.11 Å². The summed E-state index contributed by atoms with van der Waals surface area (Å²) in [5.41, 5.74) is 0.00145. The van der Waals surface area contributed by atoms with Crippen molar-refractivity contribution in [3.05, 3.63) is 0 Å². The van der Waals surface area contributed by atoms with Crippen LogP contribution in [0.4, 0.5) is 0 Å². The summed E-state index contributed by atoms with van der Waals surface area (Å²) in [6, 6.07) is 0.689. The maximum Gasteiger partial charge on any atom is 0.0628 e. The fraction of sp³-hybridized carbons (Fsp3) is 1.00. The van der Waals surface area contributed by atoms with Crippen molar-refractivity contribution in [2.24, 2.45) is 17.8 Å². The van der Waals surface area contributed by atoms with Crippen molar-refractivity contribution >= 4 is 0 Å². The maximum absolute atomic E-state index is 10.0. The molecule has 110 valence electrons. The van der Waals surface area contributed by atoms with Crippen LogP contribution in [0.5, 0.6) is 0 Å². The first-order chi connectivity index (χ1) is 9.13. The topological polar surface area (TPSA) is 35.5 Å². The van der Waals surface area contributed by atoms with Crippen LogP contribution in [0.2, 0.25) is 0 Å². The van der Waals surface area contributed by atoms with Crippen LogP contribution >= 0.6 is 0 Å². The van der Waals surface area contributed by atoms with Gasteiger partial charge in [-0.3, -0.25) is 0 Å². The molecule has 2 N–H and O–H groups in total. The average molecular weight is 266 g/mol. The molecule has 3 rings (SSSR count). The summed E-state index contributed by atoms with van der Waals surface area (Å²) in [4.78, 5) is 2.61. The van der Waals surface area contributed by atoms with Gasteiger partial charge in [-0.25, -0.2) is 0 Å². The summed E-state index contributed by atoms with van der Waals surface area (Å²) in [7, 11) is 0. The Labute approximate surface area is 117 Å². The van der Waals surface area contributed by atoms with Gasteiger partial charge in [0.25, 0.3) is 0 Å². The number of aliphatic hydroxyl groups excluding tert-OH is 1. The Morgan fingerprint density at radius 1 is 1.11 bits per heavy atom. The first kappa shape index (κ1) is 13.8. The fourth-order valence-electron chi connectivity index (χ4n) is 3.68. The number of piperidine rings is 1. The molecule has 0 aromatic carbocycles. The van der Waals surface area contributed by atoms with Crippen LogP contribution in [0.25, 0.3) is 0 Å². The van der Waals surface area contributed by atoms with Crippen molar-refractivity contribution in [3.63, 3.8) is 0 Å². The zero-order chi connectivity index (χ0) is 13.5. The van der Waals surface area contributed by atoms with Gasteiger partial charge in [0.15, 0.2) is 0 Å². The molecule has 19 heavy (non-hydrogen) atoms. The van der Waals surface area contributed by atoms with Crippen LogP contribution in [0.1, 0.15) is 46.0 Å². The lowest BCUT2D eigenvalue weighted by molar-refractivity contribution is 0.0564. The van der Waals surface area contributed by atoms with E-state index in [-0.39, 0.29) is 5.54 Å². The molecule has 0 aromatic rings. The number of hydrogen-bond acceptors (Lipinski definition) is 3. The molecular weight excluding hydrogens is 236 g/mol. The Bertz CT molecular complexity index is 314. The van der Waals surface area contributed by atoms with Gasteiger partial charge in [-0.2, -0.15) is 0 Å². The molecule has 3 aliphatic rings. The largest absolute Gasteiger partial charge is 0.394 e. The van der Waals surface area contributed by atoms with Crippen molar-refractivity contribution in [1.29, 1.82) is 0 Å². The summed E-state index contributed by atoms with van der Waals surface area (Å²) in [5.74, 6) is 2.37. The minimum atomic E-state index is 0.00145. The van der Waals surface area contributed by atoms with Gasteiger partial charge in [-0.15, -0.1) is 0 Å². The van der Waals surface area contributed by atoms with Gasteiger partial charge >= 0.3 is 0 Å². The van der Waals surface area contributed by atoms with Crippen LogP contribution in [-0.2, 0) is 0 Å². The summed E-state index contributed by atoms with van der Waals surface area (Å²) in [6.07, 6.45) is 6.54. The third-order valence-corrected chi connectivity index (χ3v) is 5.63. The highest BCUT2D eigenvalue weighted by molar-refractivity contribution is 5.06. The molecule has 0 bridgehead atoms. The van der Waals surface area contributed by atoms with E-state index in [1.54, 1.807) is 0 Å². The summed E-state index contributed by atoms with van der Waals surface area (Å²) in [6.45, 7) is 8.55. The average Bonchev–Trinajstić information content (AvgIpc) is 3.25. The van der Waals surface area contributed by atoms with E-state index in [1.165, 1.54) is 45.2 Å². The predicted molar refractivity (Wildman–Crippen MR) is 78.1 cm³/mol. The van der Waals surface area contributed by atoms with Gasteiger partial charge < -0.3 is 15.3 Å². The summed E-state index contributed by atoms with van der Waals surface area (Å²) >= 11 is 0. The first-order valence-electron chi connectivity index (χ1n) is 8.24. The van der Waals surface area contributed by atoms with Gasteiger partial charge in [-0.05, 0) is 56.4 Å². The smallest absolute Gasteiger partial charge is 0.0628 e. The molecule has 0 amide bonds. The Morgan fingerprint density at radius 2 is 1.84 bits per heavy atom. The molecule has 3 nitrogen and oxygen atoms in total. The van der Waals surface area contributed by atoms with E-state index in [4.69, 9.17) is 0 Å². The van der Waals surface area contributed by atoms with Gasteiger partial charge in [-0.1, -0.05) is 13.8 Å². The molecule has 0 radical (unpaired) electrons. The molecule has 0 spiro atoms. The number of likely N-dealkylation sites (tertiary alicyclic amines) is 1. The van der Waals surface area contributed by atoms with Crippen LogP contribution in [-0.4, -0.2) is 47.8 Å². The Morgan fingerprint density at radius 3 is 2.37 bits per heavy atom. The van der Waals surface area contributed by atoms with Crippen molar-refractivity contribution in [3.8, 4) is 0 Å². The van der Waals surface area contributed by atoms with Crippen molar-refractivity contribution in [1.82, 2.24) is 10.2 Å². The van der Waals surface area contributed by atoms with Crippen LogP contribution in [0, 0.1) is 17.8 Å². The lowest BCUT2D eigenvalue weighted by atomic mass is 9.86. The van der Waals surface area contributed by atoms with E-state index in [0.717, 1.165) is 18.4 Å². The van der Waals surface area contributed by atoms with Gasteiger partial charge in [0, 0.05) is 19.1 Å². The second-order valence-electron chi connectivity index (χ2n) is 7.49. The number of nitrogens with one attached hydrogen (secondary N) is 1. The van der Waals surface area contributed by atoms with Crippen molar-refractivity contribution in [2.45, 2.75) is 57.5 Å². The summed E-state index contributed by atoms with van der Waals surface area (Å²) in [5, 5.41) is 13.8. The second kappa shape index (κ2) is 5.34. The Kier molecular flexibility index (Phi) is 3.89. The van der Waals surface area contributed by atoms with Gasteiger partial charge in [0.2, 0.25) is 0 Å². The normalized spacial score (nSPS) is 36.2. The zero-order valence-corrected chi connectivity index (χ0v) is 12.6. The molecule has 2 aliphatic carbocycles. The highest BCUT2D eigenvalue weighted by Gasteiger charge is 2.48. The Balaban J connectivity index is 1.63. The van der Waals surface area contributed by atoms with Crippen molar-refractivity contribution < 1.29 is 5.11 Å². The molecule has 2 saturated carbocycles. The monoisotopic (exact) mass is 266 g/mol. The molecule has 1 saturated heterocycles. The van der Waals surface area contributed by atoms with Crippen LogP contribution in [0.15, 0.2) is 0 Å². The third-order valence-electron chi connectivity index (χ3n) is 5.63. The van der Waals surface area contributed by atoms with E-state index >= 15 is 0 Å². The first-order valence-corrected chi connectivity index (χ1v) is 8.24. The highest BCUT2D eigenvalue weighted by atomic mass is 16.3. The predicted octanol–water partition coefficient (Wildman–Crippen LogP) is 1.86. The van der Waals surface area contributed by atoms with E-state index in [2.05, 4.69) is 24.1 Å². The van der Waals surface area contributed by atoms with Crippen molar-refractivity contribution in [2.75, 3.05) is 26.2 Å². The molecule has 3 unspecified atom stereocenters. The molecule has 3 fully saturated rings. The van der Waals surface area contributed by atoms with Gasteiger partial charge in [0.1, 0.15) is 0 Å². The quantitative estimate of drug-likeness (QED) is 0.770. The lowest BCUT2D eigenvalue weighted by Gasteiger charge is -2.43. The third kappa shape index (κ3) is 3.14. The molecule has 3 atom stereocenters. The number of nitrogens with zero attached hydrogens (tertiary/aromatic N) is 1. The zero-order valence-electron chi connectivity index (χ0n) is 12.6. The molecular formula is C16H30N2O. The lowest BCUT2D eigenvalue weighted by Crippen LogP contribution is -2.60. The molecule has 0 aromatic heterocycles. The van der Waals surface area contributed by atoms with Crippen LogP contribution < -0.4 is 5.32 Å². The van der Waals surface area contributed by atoms with Crippen LogP contribution in [0.3, 0.4) is 0 Å². The van der Waals surface area contributed by atoms with Gasteiger partial charge in [0.05, 0.1) is 12.1 Å². The summed E-state index contributed by atoms with van der Waals surface area (Å²) < 4.78 is 0. The SMILES string of the molecule is CC1CCN(CC(CO)(NC2CC2)C2CC2)CC1C. The van der Waals surface area contributed by atoms with E-state index < -0.39 is 0 Å². The minimum absolute atomic E-state index is 0.00145. The second-order valence-corrected chi connectivity index (χ2v) is 7.49. The Hall–Kier alpha value is -0.120. The molecule has 1 heterocycles. The van der Waals surface area contributed by atoms with E-state index in [0.29, 0.717) is 18.6 Å². The number of hydrogen-bond donors (Lipinski definition) is 2. The molecule has 1 aliphatic heterocycles. The maximum atomic E-state index is 10.0. The van der Waals surface area contributed by atoms with E-state index in [1.807, 2.05) is 0 Å². The number of rotatable bonds is 6. The highest BCUT2D eigenvalue weighted by Crippen LogP contribution is 2.42. The standard InChI is InChI=1S/C16H30N2O/c1-12-7-8-18(9-13(12)2)10-16(11-19,14-3-4-14)17-15-5-6-15/h12-15,17,19H,3-11H2,1-2H3. The minimum Gasteiger partial charge on any atom is -0.394 e. The number of aliphatic hydroxyl groups is 1. The fourth-order valence-corrected chi connectivity index (χ4v) is 3.68. The molecule has 3 heteroatoms.